The number of rotatable bonds is 4. The SMILES string of the molecule is COC(=O)Cn1c(=NC(=O)C(C)(C)C)sc2cc(OC)c(OC)cc21. The van der Waals surface area contributed by atoms with Crippen LogP contribution in [0.5, 0.6) is 11.5 Å². The molecule has 0 saturated heterocycles. The number of amides is 1. The van der Waals surface area contributed by atoms with E-state index in [0.717, 1.165) is 4.70 Å². The van der Waals surface area contributed by atoms with Crippen LogP contribution >= 0.6 is 11.3 Å². The van der Waals surface area contributed by atoms with Crippen molar-refractivity contribution in [2.45, 2.75) is 27.3 Å². The minimum absolute atomic E-state index is 0.0533. The number of carbonyl (C=O) groups excluding carboxylic acids is 2. The molecule has 0 bridgehead atoms. The molecule has 25 heavy (non-hydrogen) atoms. The number of nitrogens with zero attached hydrogens (tertiary/aromatic N) is 2. The van der Waals surface area contributed by atoms with Crippen molar-refractivity contribution in [3.8, 4) is 11.5 Å². The molecule has 1 aromatic heterocycles. The lowest BCUT2D eigenvalue weighted by Gasteiger charge is -2.12. The van der Waals surface area contributed by atoms with Crippen LogP contribution < -0.4 is 14.3 Å². The molecule has 0 fully saturated rings. The van der Waals surface area contributed by atoms with Gasteiger partial charge in [-0.1, -0.05) is 32.1 Å². The molecule has 1 aromatic carbocycles. The molecule has 8 heteroatoms. The van der Waals surface area contributed by atoms with E-state index >= 15 is 0 Å². The Balaban J connectivity index is 2.75. The van der Waals surface area contributed by atoms with Crippen molar-refractivity contribution in [3.63, 3.8) is 0 Å². The number of hydrogen-bond donors (Lipinski definition) is 0. The van der Waals surface area contributed by atoms with E-state index in [4.69, 9.17) is 14.2 Å². The number of ether oxygens (including phenoxy) is 3. The second kappa shape index (κ2) is 7.26. The molecule has 1 amide bonds. The molecular weight excluding hydrogens is 344 g/mol. The Morgan fingerprint density at radius 1 is 1.12 bits per heavy atom. The summed E-state index contributed by atoms with van der Waals surface area (Å²) in [6.45, 7) is 5.33. The molecule has 0 N–H and O–H groups in total. The van der Waals surface area contributed by atoms with Crippen LogP contribution in [-0.4, -0.2) is 37.8 Å². The topological polar surface area (TPSA) is 79.1 Å². The second-order valence-corrected chi connectivity index (χ2v) is 7.40. The average molecular weight is 366 g/mol. The van der Waals surface area contributed by atoms with Gasteiger partial charge in [-0.25, -0.2) is 0 Å². The van der Waals surface area contributed by atoms with Crippen LogP contribution in [0.4, 0.5) is 0 Å². The van der Waals surface area contributed by atoms with Crippen molar-refractivity contribution < 1.29 is 23.8 Å². The van der Waals surface area contributed by atoms with E-state index in [-0.39, 0.29) is 12.5 Å². The zero-order chi connectivity index (χ0) is 18.8. The van der Waals surface area contributed by atoms with Gasteiger partial charge in [0.25, 0.3) is 5.91 Å². The minimum atomic E-state index is -0.616. The summed E-state index contributed by atoms with van der Waals surface area (Å²) in [5.74, 6) is 0.394. The zero-order valence-corrected chi connectivity index (χ0v) is 16.0. The van der Waals surface area contributed by atoms with Crippen LogP contribution in [0.25, 0.3) is 10.2 Å². The Kier molecular flexibility index (Phi) is 5.52. The Morgan fingerprint density at radius 3 is 2.24 bits per heavy atom. The van der Waals surface area contributed by atoms with E-state index < -0.39 is 11.4 Å². The fourth-order valence-electron chi connectivity index (χ4n) is 2.08. The lowest BCUT2D eigenvalue weighted by molar-refractivity contribution is -0.141. The maximum Gasteiger partial charge on any atom is 0.325 e. The van der Waals surface area contributed by atoms with Gasteiger partial charge < -0.3 is 18.8 Å². The monoisotopic (exact) mass is 366 g/mol. The highest BCUT2D eigenvalue weighted by atomic mass is 32.1. The molecule has 136 valence electrons. The van der Waals surface area contributed by atoms with Crippen LogP contribution in [-0.2, 0) is 20.9 Å². The molecule has 0 aliphatic heterocycles. The van der Waals surface area contributed by atoms with Crippen LogP contribution in [0.1, 0.15) is 20.8 Å². The van der Waals surface area contributed by atoms with E-state index in [1.165, 1.54) is 25.6 Å². The molecule has 0 aliphatic rings. The summed E-state index contributed by atoms with van der Waals surface area (Å²) in [6, 6.07) is 3.56. The number of aromatic nitrogens is 1. The molecule has 1 heterocycles. The summed E-state index contributed by atoms with van der Waals surface area (Å²) < 4.78 is 17.9. The summed E-state index contributed by atoms with van der Waals surface area (Å²) >= 11 is 1.30. The minimum Gasteiger partial charge on any atom is -0.493 e. The summed E-state index contributed by atoms with van der Waals surface area (Å²) in [5, 5.41) is 0. The maximum absolute atomic E-state index is 12.3. The Hall–Kier alpha value is -2.35. The zero-order valence-electron chi connectivity index (χ0n) is 15.2. The number of benzene rings is 1. The van der Waals surface area contributed by atoms with E-state index in [1.807, 2.05) is 0 Å². The van der Waals surface area contributed by atoms with E-state index in [9.17, 15) is 9.59 Å². The van der Waals surface area contributed by atoms with Gasteiger partial charge in [-0.3, -0.25) is 9.59 Å². The van der Waals surface area contributed by atoms with Gasteiger partial charge in [0.2, 0.25) is 0 Å². The molecule has 0 atom stereocenters. The maximum atomic E-state index is 12.3. The van der Waals surface area contributed by atoms with E-state index in [1.54, 1.807) is 44.6 Å². The molecule has 0 spiro atoms. The number of carbonyl (C=O) groups is 2. The number of hydrogen-bond acceptors (Lipinski definition) is 6. The highest BCUT2D eigenvalue weighted by Crippen LogP contribution is 2.33. The summed E-state index contributed by atoms with van der Waals surface area (Å²) in [6.07, 6.45) is 0. The number of fused-ring (bicyclic) bond motifs is 1. The largest absolute Gasteiger partial charge is 0.493 e. The van der Waals surface area contributed by atoms with Gasteiger partial charge in [-0.05, 0) is 0 Å². The van der Waals surface area contributed by atoms with Gasteiger partial charge >= 0.3 is 5.97 Å². The Morgan fingerprint density at radius 2 is 1.72 bits per heavy atom. The number of methoxy groups -OCH3 is 3. The molecule has 2 rings (SSSR count). The third-order valence-electron chi connectivity index (χ3n) is 3.54. The lowest BCUT2D eigenvalue weighted by Crippen LogP contribution is -2.26. The van der Waals surface area contributed by atoms with Crippen molar-refractivity contribution >= 4 is 33.4 Å². The smallest absolute Gasteiger partial charge is 0.325 e. The lowest BCUT2D eigenvalue weighted by atomic mass is 9.96. The fourth-order valence-corrected chi connectivity index (χ4v) is 3.12. The van der Waals surface area contributed by atoms with Crippen molar-refractivity contribution in [1.29, 1.82) is 0 Å². The molecule has 0 radical (unpaired) electrons. The molecule has 0 saturated carbocycles. The third kappa shape index (κ3) is 4.01. The van der Waals surface area contributed by atoms with Gasteiger partial charge in [-0.2, -0.15) is 4.99 Å². The first kappa shape index (κ1) is 19.0. The number of thiazole rings is 1. The van der Waals surface area contributed by atoms with Gasteiger partial charge in [0.05, 0.1) is 31.5 Å². The molecule has 2 aromatic rings. The molecule has 0 unspecified atom stereocenters. The third-order valence-corrected chi connectivity index (χ3v) is 4.58. The standard InChI is InChI=1S/C17H22N2O5S/c1-17(2,3)15(21)18-16-19(9-14(20)24-6)10-7-11(22-4)12(23-5)8-13(10)25-16/h7-8H,9H2,1-6H3. The van der Waals surface area contributed by atoms with E-state index in [0.29, 0.717) is 21.8 Å². The van der Waals surface area contributed by atoms with E-state index in [2.05, 4.69) is 4.99 Å². The highest BCUT2D eigenvalue weighted by molar-refractivity contribution is 7.16. The van der Waals surface area contributed by atoms with Crippen LogP contribution in [0, 0.1) is 5.41 Å². The summed E-state index contributed by atoms with van der Waals surface area (Å²) in [7, 11) is 4.40. The number of esters is 1. The second-order valence-electron chi connectivity index (χ2n) is 6.39. The van der Waals surface area contributed by atoms with Gasteiger partial charge in [0, 0.05) is 17.5 Å². The molecular formula is C17H22N2O5S. The summed E-state index contributed by atoms with van der Waals surface area (Å²) in [5.41, 5.74) is 0.0998. The van der Waals surface area contributed by atoms with Gasteiger partial charge in [0.1, 0.15) is 6.54 Å². The van der Waals surface area contributed by atoms with Crippen molar-refractivity contribution in [1.82, 2.24) is 4.57 Å². The first-order valence-corrected chi connectivity index (χ1v) is 8.44. The highest BCUT2D eigenvalue weighted by Gasteiger charge is 2.22. The fraction of sp³-hybridized carbons (Fsp3) is 0.471. The van der Waals surface area contributed by atoms with Gasteiger partial charge in [0.15, 0.2) is 16.3 Å². The average Bonchev–Trinajstić information content (AvgIpc) is 2.88. The Labute approximate surface area is 149 Å². The van der Waals surface area contributed by atoms with Gasteiger partial charge in [-0.15, -0.1) is 0 Å². The van der Waals surface area contributed by atoms with Crippen LogP contribution in [0.15, 0.2) is 17.1 Å². The summed E-state index contributed by atoms with van der Waals surface area (Å²) in [4.78, 5) is 28.8. The normalized spacial score (nSPS) is 12.3. The predicted molar refractivity (Wildman–Crippen MR) is 95.0 cm³/mol. The Bertz CT molecular complexity index is 874. The van der Waals surface area contributed by atoms with Crippen LogP contribution in [0.3, 0.4) is 0 Å². The molecule has 7 nitrogen and oxygen atoms in total. The van der Waals surface area contributed by atoms with Crippen LogP contribution in [0.2, 0.25) is 0 Å². The molecule has 0 aliphatic carbocycles. The first-order valence-electron chi connectivity index (χ1n) is 7.62. The predicted octanol–water partition coefficient (Wildman–Crippen LogP) is 2.37. The van der Waals surface area contributed by atoms with Crippen molar-refractivity contribution in [2.24, 2.45) is 10.4 Å². The van der Waals surface area contributed by atoms with Crippen molar-refractivity contribution in [3.05, 3.63) is 16.9 Å². The quantitative estimate of drug-likeness (QED) is 0.776. The first-order chi connectivity index (χ1) is 11.7. The van der Waals surface area contributed by atoms with Crippen molar-refractivity contribution in [2.75, 3.05) is 21.3 Å².